The molecule has 0 unspecified atom stereocenters. The number of unbranched alkanes of at least 4 members (excludes halogenated alkanes) is 2. The summed E-state index contributed by atoms with van der Waals surface area (Å²) in [6.07, 6.45) is 7.00. The maximum absolute atomic E-state index is 11.9. The molecule has 100 valence electrons. The maximum atomic E-state index is 11.9. The summed E-state index contributed by atoms with van der Waals surface area (Å²) in [7, 11) is 0. The molecular formula is C12H18BrN3OS. The van der Waals surface area contributed by atoms with Crippen molar-refractivity contribution in [2.24, 2.45) is 0 Å². The molecule has 0 fully saturated rings. The molecule has 0 aliphatic rings. The molecule has 0 spiro atoms. The van der Waals surface area contributed by atoms with Crippen molar-refractivity contribution in [2.45, 2.75) is 19.3 Å². The Kier molecular flexibility index (Phi) is 7.12. The molecule has 6 heteroatoms. The molecule has 0 radical (unpaired) electrons. The average molecular weight is 332 g/mol. The van der Waals surface area contributed by atoms with E-state index < -0.39 is 0 Å². The summed E-state index contributed by atoms with van der Waals surface area (Å²) in [6, 6.07) is 1.69. The lowest BCUT2D eigenvalue weighted by Crippen LogP contribution is -2.25. The second kappa shape index (κ2) is 8.37. The number of carbonyl (C=O) groups is 1. The number of pyridine rings is 1. The Labute approximate surface area is 120 Å². The first-order valence-corrected chi connectivity index (χ1v) is 8.02. The highest BCUT2D eigenvalue weighted by Crippen LogP contribution is 2.15. The van der Waals surface area contributed by atoms with Gasteiger partial charge in [-0.1, -0.05) is 6.42 Å². The van der Waals surface area contributed by atoms with E-state index in [1.165, 1.54) is 12.2 Å². The van der Waals surface area contributed by atoms with Gasteiger partial charge in [0.05, 0.1) is 5.56 Å². The summed E-state index contributed by atoms with van der Waals surface area (Å²) < 4.78 is 0.752. The van der Waals surface area contributed by atoms with Crippen molar-refractivity contribution in [3.63, 3.8) is 0 Å². The van der Waals surface area contributed by atoms with Gasteiger partial charge in [0, 0.05) is 17.2 Å². The summed E-state index contributed by atoms with van der Waals surface area (Å²) in [4.78, 5) is 15.8. The number of nitrogens with zero attached hydrogens (tertiary/aromatic N) is 1. The fourth-order valence-electron chi connectivity index (χ4n) is 1.48. The van der Waals surface area contributed by atoms with E-state index in [0.29, 0.717) is 12.1 Å². The third kappa shape index (κ3) is 5.27. The predicted octanol–water partition coefficient (Wildman–Crippen LogP) is 2.69. The van der Waals surface area contributed by atoms with Crippen LogP contribution in [0.5, 0.6) is 0 Å². The molecule has 1 rings (SSSR count). The Morgan fingerprint density at radius 3 is 3.00 bits per heavy atom. The summed E-state index contributed by atoms with van der Waals surface area (Å²) >= 11 is 5.12. The van der Waals surface area contributed by atoms with Crippen LogP contribution in [0.2, 0.25) is 0 Å². The second-order valence-electron chi connectivity index (χ2n) is 3.90. The third-order valence-electron chi connectivity index (χ3n) is 2.44. The number of rotatable bonds is 7. The van der Waals surface area contributed by atoms with Gasteiger partial charge in [-0.25, -0.2) is 4.98 Å². The molecular weight excluding hydrogens is 314 g/mol. The minimum atomic E-state index is -0.161. The highest BCUT2D eigenvalue weighted by molar-refractivity contribution is 9.10. The predicted molar refractivity (Wildman–Crippen MR) is 80.9 cm³/mol. The van der Waals surface area contributed by atoms with Crippen LogP contribution in [0.4, 0.5) is 5.82 Å². The number of carbonyl (C=O) groups excluding carboxylic acids is 1. The number of hydrogen-bond donors (Lipinski definition) is 2. The first-order valence-electron chi connectivity index (χ1n) is 5.83. The van der Waals surface area contributed by atoms with Gasteiger partial charge in [-0.3, -0.25) is 4.79 Å². The topological polar surface area (TPSA) is 68.0 Å². The number of nitrogens with one attached hydrogen (secondary N) is 1. The summed E-state index contributed by atoms with van der Waals surface area (Å²) in [5.41, 5.74) is 6.09. The Bertz CT molecular complexity index is 401. The number of halogens is 1. The number of anilines is 1. The fourth-order valence-corrected chi connectivity index (χ4v) is 2.30. The standard InChI is InChI=1S/C12H18BrN3OS/c1-18-6-4-2-3-5-15-12(17)10-7-9(13)8-16-11(10)14/h7-8H,2-6H2,1H3,(H2,14,16)(H,15,17). The van der Waals surface area contributed by atoms with Gasteiger partial charge < -0.3 is 11.1 Å². The molecule has 3 N–H and O–H groups in total. The Morgan fingerprint density at radius 1 is 1.50 bits per heavy atom. The molecule has 0 saturated heterocycles. The zero-order chi connectivity index (χ0) is 13.4. The summed E-state index contributed by atoms with van der Waals surface area (Å²) in [5.74, 6) is 1.28. The smallest absolute Gasteiger partial charge is 0.255 e. The van der Waals surface area contributed by atoms with E-state index in [1.54, 1.807) is 12.3 Å². The number of amides is 1. The minimum Gasteiger partial charge on any atom is -0.383 e. The molecule has 0 atom stereocenters. The largest absolute Gasteiger partial charge is 0.383 e. The van der Waals surface area contributed by atoms with Gasteiger partial charge in [-0.2, -0.15) is 11.8 Å². The molecule has 0 saturated carbocycles. The van der Waals surface area contributed by atoms with E-state index in [4.69, 9.17) is 5.73 Å². The van der Waals surface area contributed by atoms with E-state index in [1.807, 2.05) is 11.8 Å². The zero-order valence-corrected chi connectivity index (χ0v) is 12.8. The zero-order valence-electron chi connectivity index (χ0n) is 10.4. The summed E-state index contributed by atoms with van der Waals surface area (Å²) in [6.45, 7) is 0.680. The lowest BCUT2D eigenvalue weighted by molar-refractivity contribution is 0.0953. The quantitative estimate of drug-likeness (QED) is 0.754. The minimum absolute atomic E-state index is 0.161. The van der Waals surface area contributed by atoms with Crippen LogP contribution in [0.15, 0.2) is 16.7 Å². The first-order chi connectivity index (χ1) is 8.65. The number of aromatic nitrogens is 1. The van der Waals surface area contributed by atoms with Crippen molar-refractivity contribution in [1.29, 1.82) is 0 Å². The van der Waals surface area contributed by atoms with E-state index in [-0.39, 0.29) is 11.7 Å². The molecule has 1 amide bonds. The Balaban J connectivity index is 2.34. The number of hydrogen-bond acceptors (Lipinski definition) is 4. The highest BCUT2D eigenvalue weighted by atomic mass is 79.9. The lowest BCUT2D eigenvalue weighted by atomic mass is 10.2. The molecule has 0 aliphatic carbocycles. The molecule has 1 aromatic rings. The van der Waals surface area contributed by atoms with Crippen LogP contribution in [0, 0.1) is 0 Å². The van der Waals surface area contributed by atoms with E-state index in [2.05, 4.69) is 32.5 Å². The Hall–Kier alpha value is -0.750. The van der Waals surface area contributed by atoms with E-state index >= 15 is 0 Å². The van der Waals surface area contributed by atoms with E-state index in [9.17, 15) is 4.79 Å². The summed E-state index contributed by atoms with van der Waals surface area (Å²) in [5, 5.41) is 2.86. The van der Waals surface area contributed by atoms with Crippen LogP contribution < -0.4 is 11.1 Å². The number of nitrogen functional groups attached to an aromatic ring is 1. The molecule has 1 heterocycles. The second-order valence-corrected chi connectivity index (χ2v) is 5.80. The van der Waals surface area contributed by atoms with Crippen molar-refractivity contribution in [2.75, 3.05) is 24.3 Å². The monoisotopic (exact) mass is 331 g/mol. The lowest BCUT2D eigenvalue weighted by Gasteiger charge is -2.07. The van der Waals surface area contributed by atoms with Crippen LogP contribution in [0.25, 0.3) is 0 Å². The third-order valence-corrected chi connectivity index (χ3v) is 3.57. The van der Waals surface area contributed by atoms with Gasteiger partial charge in [-0.15, -0.1) is 0 Å². The van der Waals surface area contributed by atoms with Crippen molar-refractivity contribution in [1.82, 2.24) is 10.3 Å². The molecule has 0 bridgehead atoms. The van der Waals surface area contributed by atoms with Gasteiger partial charge in [-0.05, 0) is 46.8 Å². The average Bonchev–Trinajstić information content (AvgIpc) is 2.36. The van der Waals surface area contributed by atoms with Gasteiger partial charge in [0.25, 0.3) is 5.91 Å². The van der Waals surface area contributed by atoms with Crippen molar-refractivity contribution < 1.29 is 4.79 Å². The van der Waals surface area contributed by atoms with Crippen LogP contribution >= 0.6 is 27.7 Å². The Morgan fingerprint density at radius 2 is 2.28 bits per heavy atom. The van der Waals surface area contributed by atoms with Crippen LogP contribution in [0.3, 0.4) is 0 Å². The van der Waals surface area contributed by atoms with Crippen LogP contribution in [-0.2, 0) is 0 Å². The SMILES string of the molecule is CSCCCCCNC(=O)c1cc(Br)cnc1N. The van der Waals surface area contributed by atoms with Crippen LogP contribution in [0.1, 0.15) is 29.6 Å². The molecule has 0 aromatic carbocycles. The van der Waals surface area contributed by atoms with Crippen molar-refractivity contribution in [3.05, 3.63) is 22.3 Å². The number of thioether (sulfide) groups is 1. The fraction of sp³-hybridized carbons (Fsp3) is 0.500. The highest BCUT2D eigenvalue weighted by Gasteiger charge is 2.10. The molecule has 4 nitrogen and oxygen atoms in total. The molecule has 0 aliphatic heterocycles. The maximum Gasteiger partial charge on any atom is 0.255 e. The molecule has 18 heavy (non-hydrogen) atoms. The van der Waals surface area contributed by atoms with Gasteiger partial charge in [0.1, 0.15) is 5.82 Å². The van der Waals surface area contributed by atoms with Crippen molar-refractivity contribution >= 4 is 39.4 Å². The molecule has 1 aromatic heterocycles. The number of nitrogens with two attached hydrogens (primary N) is 1. The van der Waals surface area contributed by atoms with Crippen LogP contribution in [-0.4, -0.2) is 29.4 Å². The van der Waals surface area contributed by atoms with Gasteiger partial charge in [0.15, 0.2) is 0 Å². The van der Waals surface area contributed by atoms with Crippen molar-refractivity contribution in [3.8, 4) is 0 Å². The van der Waals surface area contributed by atoms with E-state index in [0.717, 1.165) is 17.3 Å². The van der Waals surface area contributed by atoms with Gasteiger partial charge >= 0.3 is 0 Å². The first kappa shape index (κ1) is 15.3. The van der Waals surface area contributed by atoms with Gasteiger partial charge in [0.2, 0.25) is 0 Å². The normalized spacial score (nSPS) is 10.3.